The molecule has 1 aromatic rings. The van der Waals surface area contributed by atoms with Gasteiger partial charge in [0.15, 0.2) is 0 Å². The summed E-state index contributed by atoms with van der Waals surface area (Å²) >= 11 is 0. The van der Waals surface area contributed by atoms with Crippen molar-refractivity contribution in [3.8, 4) is 0 Å². The quantitative estimate of drug-likeness (QED) is 0.392. The number of halogens is 2. The van der Waals surface area contributed by atoms with Crippen LogP contribution in [0.5, 0.6) is 0 Å². The number of benzene rings is 1. The molecule has 0 radical (unpaired) electrons. The van der Waals surface area contributed by atoms with Crippen LogP contribution in [-0.4, -0.2) is 10.9 Å². The van der Waals surface area contributed by atoms with Crippen LogP contribution in [0.4, 0.5) is 8.78 Å². The van der Waals surface area contributed by atoms with Crippen molar-refractivity contribution in [1.29, 1.82) is 0 Å². The lowest BCUT2D eigenvalue weighted by Gasteiger charge is -1.99. The Kier molecular flexibility index (Phi) is 2.38. The molecule has 0 atom stereocenters. The Morgan fingerprint density at radius 2 is 2.08 bits per heavy atom. The Morgan fingerprint density at radius 3 is 2.67 bits per heavy atom. The summed E-state index contributed by atoms with van der Waals surface area (Å²) < 4.78 is 25.4. The highest BCUT2D eigenvalue weighted by atomic mass is 19.1. The van der Waals surface area contributed by atoms with Crippen LogP contribution in [0.25, 0.3) is 0 Å². The highest BCUT2D eigenvalue weighted by Crippen LogP contribution is 2.10. The smallest absolute Gasteiger partial charge is 0.132 e. The lowest BCUT2D eigenvalue weighted by Crippen LogP contribution is -1.99. The van der Waals surface area contributed by atoms with Gasteiger partial charge < -0.3 is 5.21 Å². The second-order valence-corrected chi connectivity index (χ2v) is 2.31. The standard InChI is InChI=1S/C8H7F2NO/c1-5(11-12)7-4-6(9)2-3-8(7)10/h2-4,12H,1H3/b11-5+. The molecule has 0 heterocycles. The van der Waals surface area contributed by atoms with Crippen molar-refractivity contribution >= 4 is 5.71 Å². The monoisotopic (exact) mass is 171 g/mol. The molecule has 0 saturated heterocycles. The first-order valence-electron chi connectivity index (χ1n) is 3.29. The van der Waals surface area contributed by atoms with Gasteiger partial charge in [0.05, 0.1) is 5.71 Å². The van der Waals surface area contributed by atoms with Crippen molar-refractivity contribution in [3.63, 3.8) is 0 Å². The van der Waals surface area contributed by atoms with Gasteiger partial charge in [0, 0.05) is 5.56 Å². The molecule has 0 amide bonds. The highest BCUT2D eigenvalue weighted by Gasteiger charge is 2.06. The van der Waals surface area contributed by atoms with E-state index in [2.05, 4.69) is 5.16 Å². The van der Waals surface area contributed by atoms with Crippen LogP contribution in [0, 0.1) is 11.6 Å². The molecule has 0 aliphatic heterocycles. The predicted octanol–water partition coefficient (Wildman–Crippen LogP) is 2.16. The minimum Gasteiger partial charge on any atom is -0.411 e. The van der Waals surface area contributed by atoms with E-state index >= 15 is 0 Å². The molecular formula is C8H7F2NO. The zero-order valence-corrected chi connectivity index (χ0v) is 6.38. The number of hydrogen-bond acceptors (Lipinski definition) is 2. The van der Waals surface area contributed by atoms with Gasteiger partial charge in [-0.25, -0.2) is 8.78 Å². The zero-order chi connectivity index (χ0) is 9.14. The van der Waals surface area contributed by atoms with Gasteiger partial charge in [0.2, 0.25) is 0 Å². The maximum Gasteiger partial charge on any atom is 0.132 e. The van der Waals surface area contributed by atoms with Crippen LogP contribution in [-0.2, 0) is 0 Å². The maximum absolute atomic E-state index is 12.8. The van der Waals surface area contributed by atoms with E-state index in [1.54, 1.807) is 0 Å². The lowest BCUT2D eigenvalue weighted by molar-refractivity contribution is 0.319. The molecule has 0 bridgehead atoms. The zero-order valence-electron chi connectivity index (χ0n) is 6.38. The number of oxime groups is 1. The molecule has 4 heteroatoms. The molecule has 0 saturated carbocycles. The Morgan fingerprint density at radius 1 is 1.42 bits per heavy atom. The van der Waals surface area contributed by atoms with Gasteiger partial charge in [-0.15, -0.1) is 0 Å². The topological polar surface area (TPSA) is 32.6 Å². The third kappa shape index (κ3) is 1.58. The average Bonchev–Trinajstić information content (AvgIpc) is 2.08. The molecule has 1 N–H and O–H groups in total. The van der Waals surface area contributed by atoms with Gasteiger partial charge in [-0.2, -0.15) is 0 Å². The molecule has 0 spiro atoms. The van der Waals surface area contributed by atoms with Crippen LogP contribution in [0.3, 0.4) is 0 Å². The van der Waals surface area contributed by atoms with Gasteiger partial charge >= 0.3 is 0 Å². The first-order chi connectivity index (χ1) is 5.65. The van der Waals surface area contributed by atoms with E-state index in [0.29, 0.717) is 0 Å². The minimum atomic E-state index is -0.605. The van der Waals surface area contributed by atoms with E-state index in [1.165, 1.54) is 6.92 Å². The largest absolute Gasteiger partial charge is 0.411 e. The highest BCUT2D eigenvalue weighted by molar-refractivity contribution is 5.98. The van der Waals surface area contributed by atoms with Crippen molar-refractivity contribution in [3.05, 3.63) is 35.4 Å². The van der Waals surface area contributed by atoms with Crippen LogP contribution < -0.4 is 0 Å². The summed E-state index contributed by atoms with van der Waals surface area (Å²) in [6.45, 7) is 1.39. The molecule has 0 aliphatic rings. The summed E-state index contributed by atoms with van der Waals surface area (Å²) in [5.41, 5.74) is 0.0181. The van der Waals surface area contributed by atoms with E-state index in [0.717, 1.165) is 18.2 Å². The maximum atomic E-state index is 12.8. The predicted molar refractivity (Wildman–Crippen MR) is 40.4 cm³/mol. The van der Waals surface area contributed by atoms with Gasteiger partial charge in [-0.3, -0.25) is 0 Å². The summed E-state index contributed by atoms with van der Waals surface area (Å²) in [4.78, 5) is 0. The van der Waals surface area contributed by atoms with E-state index in [1.807, 2.05) is 0 Å². The molecule has 12 heavy (non-hydrogen) atoms. The molecule has 1 rings (SSSR count). The average molecular weight is 171 g/mol. The molecule has 0 aliphatic carbocycles. The van der Waals surface area contributed by atoms with Gasteiger partial charge in [-0.05, 0) is 25.1 Å². The third-order valence-electron chi connectivity index (χ3n) is 1.47. The fraction of sp³-hybridized carbons (Fsp3) is 0.125. The lowest BCUT2D eigenvalue weighted by atomic mass is 10.1. The van der Waals surface area contributed by atoms with Crippen molar-refractivity contribution in [2.75, 3.05) is 0 Å². The second-order valence-electron chi connectivity index (χ2n) is 2.31. The summed E-state index contributed by atoms with van der Waals surface area (Å²) in [7, 11) is 0. The molecular weight excluding hydrogens is 164 g/mol. The Balaban J connectivity index is 3.23. The molecule has 0 aromatic heterocycles. The minimum absolute atomic E-state index is 0.0301. The fourth-order valence-corrected chi connectivity index (χ4v) is 0.829. The van der Waals surface area contributed by atoms with Crippen molar-refractivity contribution in [2.24, 2.45) is 5.16 Å². The van der Waals surface area contributed by atoms with Crippen molar-refractivity contribution in [2.45, 2.75) is 6.92 Å². The van der Waals surface area contributed by atoms with Gasteiger partial charge in [0.1, 0.15) is 11.6 Å². The SMILES string of the molecule is C/C(=N\O)c1cc(F)ccc1F. The van der Waals surface area contributed by atoms with Crippen LogP contribution >= 0.6 is 0 Å². The van der Waals surface area contributed by atoms with E-state index in [-0.39, 0.29) is 11.3 Å². The Hall–Kier alpha value is -1.45. The fourth-order valence-electron chi connectivity index (χ4n) is 0.829. The van der Waals surface area contributed by atoms with Crippen LogP contribution in [0.1, 0.15) is 12.5 Å². The Bertz CT molecular complexity index is 323. The number of rotatable bonds is 1. The van der Waals surface area contributed by atoms with E-state index in [9.17, 15) is 8.78 Å². The first kappa shape index (κ1) is 8.64. The van der Waals surface area contributed by atoms with Gasteiger partial charge in [-0.1, -0.05) is 5.16 Å². The van der Waals surface area contributed by atoms with Crippen LogP contribution in [0.2, 0.25) is 0 Å². The second kappa shape index (κ2) is 3.30. The molecule has 1 aromatic carbocycles. The number of nitrogens with zero attached hydrogens (tertiary/aromatic N) is 1. The van der Waals surface area contributed by atoms with Gasteiger partial charge in [0.25, 0.3) is 0 Å². The normalized spacial score (nSPS) is 11.8. The Labute approximate surface area is 68.1 Å². The molecule has 2 nitrogen and oxygen atoms in total. The van der Waals surface area contributed by atoms with Crippen molar-refractivity contribution in [1.82, 2.24) is 0 Å². The molecule has 0 fully saturated rings. The van der Waals surface area contributed by atoms with Crippen molar-refractivity contribution < 1.29 is 14.0 Å². The summed E-state index contributed by atoms with van der Waals surface area (Å²) in [5.74, 6) is -1.17. The van der Waals surface area contributed by atoms with E-state index < -0.39 is 11.6 Å². The summed E-state index contributed by atoms with van der Waals surface area (Å²) in [5, 5.41) is 11.1. The van der Waals surface area contributed by atoms with E-state index in [4.69, 9.17) is 5.21 Å². The third-order valence-corrected chi connectivity index (χ3v) is 1.47. The molecule has 0 unspecified atom stereocenters. The van der Waals surface area contributed by atoms with Crippen LogP contribution in [0.15, 0.2) is 23.4 Å². The summed E-state index contributed by atoms with van der Waals surface area (Å²) in [6.07, 6.45) is 0. The first-order valence-corrected chi connectivity index (χ1v) is 3.29. The molecule has 64 valence electrons. The number of hydrogen-bond donors (Lipinski definition) is 1. The summed E-state index contributed by atoms with van der Waals surface area (Å²) in [6, 6.07) is 2.97.